The lowest BCUT2D eigenvalue weighted by Crippen LogP contribution is -2.37. The Hall–Kier alpha value is -14.7. The van der Waals surface area contributed by atoms with E-state index < -0.39 is 24.0 Å². The maximum Gasteiger partial charge on any atom is 0.276 e. The van der Waals surface area contributed by atoms with Crippen molar-refractivity contribution in [2.45, 2.75) is 76.8 Å². The summed E-state index contributed by atoms with van der Waals surface area (Å²) in [6, 6.07) is 50.3. The van der Waals surface area contributed by atoms with Crippen LogP contribution in [0.5, 0.6) is 0 Å². The molecule has 32 heteroatoms. The van der Waals surface area contributed by atoms with Gasteiger partial charge >= 0.3 is 0 Å². The Bertz CT molecular complexity index is 6820. The third-order valence-electron chi connectivity index (χ3n) is 20.6. The predicted octanol–water partition coefficient (Wildman–Crippen LogP) is 17.8. The van der Waals surface area contributed by atoms with E-state index in [1.54, 1.807) is 68.1 Å². The molecule has 1 saturated heterocycles. The van der Waals surface area contributed by atoms with Gasteiger partial charge in [-0.25, -0.2) is 13.2 Å². The number of nitrogens with one attached hydrogen (secondary N) is 8. The van der Waals surface area contributed by atoms with E-state index in [0.717, 1.165) is 112 Å². The molecule has 21 rings (SSSR count). The van der Waals surface area contributed by atoms with Crippen molar-refractivity contribution < 1.29 is 40.9 Å². The Balaban J connectivity index is 0.000000106. The van der Waals surface area contributed by atoms with Gasteiger partial charge in [0.2, 0.25) is 0 Å². The Morgan fingerprint density at radius 2 is 1.03 bits per heavy atom. The van der Waals surface area contributed by atoms with Crippen molar-refractivity contribution in [2.24, 2.45) is 13.0 Å². The number of fused-ring (bicyclic) bond motifs is 9. The molecule has 19 aromatic rings. The van der Waals surface area contributed by atoms with Gasteiger partial charge in [-0.3, -0.25) is 54.9 Å². The van der Waals surface area contributed by atoms with Crippen LogP contribution in [0.25, 0.3) is 98.9 Å². The lowest BCUT2D eigenvalue weighted by molar-refractivity contribution is 0.0119. The average molecular weight is 1540 g/mol. The standard InChI is InChI=1S/C24H20N6O.C21H18N6O.C20H18FN5O2.C18H14F2N6O2/c1-14(15-5-8-20-16(12-15)9-11-30(20)2)22-18-7-6-17(13-21(18)31-29-22)26-24-23-19(27-28-24)4-3-10-25-23;1-2-14-6-5-13(12-23-14)10-18-16-8-7-15(11-19(16)28-27-18)24-21-20-17(25-26-21)4-3-9-22-20;1-20(21)9-11(10-20)7-15(27)17-13-5-4-12(8-16(13)28-26-17)23-19-18-14(24-25-19)3-2-6-22-18;19-18(20)5-7-26(9-18)17(27)14-11-4-3-10(8-13(11)28-25-14)22-16-15-12(23-24-16)2-1-6-21-15/h3-14H,1-2H3,(H2,26,27,28);3-9,11-12H,2,10H2,1H3,(H2,24,25,26);2-6,8,11H,7,9-10H2,1H3,(H2,23,24,25);1-4,6,8H,5,7,9H2,(H2,22,23,24). The smallest absolute Gasteiger partial charge is 0.276 e. The maximum atomic E-state index is 13.6. The Kier molecular flexibility index (Phi) is 18.6. The summed E-state index contributed by atoms with van der Waals surface area (Å²) < 4.78 is 64.4. The van der Waals surface area contributed by atoms with Crippen LogP contribution in [0.15, 0.2) is 213 Å². The molecule has 0 radical (unpaired) electrons. The van der Waals surface area contributed by atoms with E-state index in [1.807, 2.05) is 91.1 Å². The summed E-state index contributed by atoms with van der Waals surface area (Å²) in [4.78, 5) is 48.0. The second-order valence-corrected chi connectivity index (χ2v) is 28.8. The monoisotopic (exact) mass is 1540 g/mol. The van der Waals surface area contributed by atoms with Crippen LogP contribution in [0.4, 0.5) is 59.2 Å². The molecule has 574 valence electrons. The summed E-state index contributed by atoms with van der Waals surface area (Å²) in [5, 5.41) is 62.5. The number of alkyl halides is 3. The first-order chi connectivity index (χ1) is 56.0. The van der Waals surface area contributed by atoms with E-state index in [-0.39, 0.29) is 36.3 Å². The van der Waals surface area contributed by atoms with Crippen molar-refractivity contribution in [1.29, 1.82) is 0 Å². The largest absolute Gasteiger partial charge is 0.356 e. The number of benzene rings is 5. The molecule has 2 aliphatic rings. The van der Waals surface area contributed by atoms with E-state index in [2.05, 4.69) is 176 Å². The lowest BCUT2D eigenvalue weighted by atomic mass is 9.71. The number of anilines is 8. The van der Waals surface area contributed by atoms with Crippen molar-refractivity contribution in [3.05, 3.63) is 235 Å². The normalized spacial score (nSPS) is 15.4. The van der Waals surface area contributed by atoms with Gasteiger partial charge in [0, 0.05) is 145 Å². The van der Waals surface area contributed by atoms with Crippen LogP contribution in [0, 0.1) is 5.92 Å². The number of pyridine rings is 5. The topological polar surface area (TPSA) is 374 Å². The number of H-pyrrole nitrogens is 4. The van der Waals surface area contributed by atoms with E-state index in [0.29, 0.717) is 87.8 Å². The van der Waals surface area contributed by atoms with Crippen LogP contribution in [0.3, 0.4) is 0 Å². The molecule has 15 heterocycles. The maximum absolute atomic E-state index is 13.6. The number of amides is 1. The Morgan fingerprint density at radius 3 is 1.52 bits per heavy atom. The number of hydrogen-bond donors (Lipinski definition) is 8. The van der Waals surface area contributed by atoms with Gasteiger partial charge in [-0.05, 0) is 170 Å². The number of aromatic amines is 4. The van der Waals surface area contributed by atoms with Crippen LogP contribution in [-0.2, 0) is 19.9 Å². The molecule has 14 aromatic heterocycles. The number of Topliss-reactive ketones (excluding diaryl/α,β-unsaturated/α-hetero) is 1. The molecule has 5 aromatic carbocycles. The van der Waals surface area contributed by atoms with Gasteiger partial charge in [0.25, 0.3) is 11.8 Å². The zero-order chi connectivity index (χ0) is 78.5. The van der Waals surface area contributed by atoms with Crippen LogP contribution in [0.1, 0.15) is 102 Å². The van der Waals surface area contributed by atoms with Crippen LogP contribution >= 0.6 is 0 Å². The third-order valence-corrected chi connectivity index (χ3v) is 20.6. The highest BCUT2D eigenvalue weighted by Gasteiger charge is 2.43. The minimum Gasteiger partial charge on any atom is -0.356 e. The number of halogens is 3. The van der Waals surface area contributed by atoms with Crippen molar-refractivity contribution >= 4 is 157 Å². The van der Waals surface area contributed by atoms with Gasteiger partial charge in [0.05, 0.1) is 50.8 Å². The molecule has 0 spiro atoms. The molecule has 115 heavy (non-hydrogen) atoms. The van der Waals surface area contributed by atoms with Gasteiger partial charge in [0.15, 0.2) is 62.8 Å². The molecule has 1 unspecified atom stereocenters. The molecular formula is C83H70F3N23O6. The van der Waals surface area contributed by atoms with Crippen molar-refractivity contribution in [2.75, 3.05) is 34.4 Å². The van der Waals surface area contributed by atoms with Gasteiger partial charge in [0.1, 0.15) is 27.7 Å². The first-order valence-electron chi connectivity index (χ1n) is 37.1. The third kappa shape index (κ3) is 14.8. The SMILES string of the molecule is CC(c1ccc2c(ccn2C)c1)c1noc2cc(Nc3n[nH]c4cccnc34)ccc12.CC1(F)CC(CC(=O)c2noc3cc(Nc4n[nH]c5cccnc45)ccc23)C1.CCc1ccc(Cc2noc3cc(Nc4n[nH]c5cccnc45)ccc23)cn1.O=C(c1noc2cc(Nc3n[nH]c4cccnc34)ccc12)N1CCC(F)(F)C1. The molecule has 1 aliphatic carbocycles. The second-order valence-electron chi connectivity index (χ2n) is 28.8. The minimum absolute atomic E-state index is 0.000934. The molecule has 2 fully saturated rings. The lowest BCUT2D eigenvalue weighted by Gasteiger charge is -2.38. The van der Waals surface area contributed by atoms with Gasteiger partial charge < -0.3 is 48.8 Å². The van der Waals surface area contributed by atoms with E-state index in [4.69, 9.17) is 18.1 Å². The van der Waals surface area contributed by atoms with Crippen molar-refractivity contribution in [1.82, 2.24) is 95.8 Å². The number of ketones is 1. The van der Waals surface area contributed by atoms with Crippen molar-refractivity contribution in [3.63, 3.8) is 0 Å². The van der Waals surface area contributed by atoms with E-state index in [1.165, 1.54) is 16.5 Å². The summed E-state index contributed by atoms with van der Waals surface area (Å²) in [5.74, 6) is -0.820. The minimum atomic E-state index is -2.85. The zero-order valence-corrected chi connectivity index (χ0v) is 62.1. The first kappa shape index (κ1) is 71.9. The fourth-order valence-electron chi connectivity index (χ4n) is 14.6. The average Bonchev–Trinajstić information content (AvgIpc) is 1.42. The molecule has 1 saturated carbocycles. The number of nitrogens with zero attached hydrogens (tertiary/aromatic N) is 15. The highest BCUT2D eigenvalue weighted by atomic mass is 19.3. The van der Waals surface area contributed by atoms with E-state index in [9.17, 15) is 22.8 Å². The zero-order valence-electron chi connectivity index (χ0n) is 62.1. The van der Waals surface area contributed by atoms with Gasteiger partial charge in [-0.15, -0.1) is 0 Å². The number of likely N-dealkylation sites (tertiary alicyclic amines) is 1. The van der Waals surface area contributed by atoms with Gasteiger partial charge in [-0.2, -0.15) is 20.4 Å². The summed E-state index contributed by atoms with van der Waals surface area (Å²) in [6.07, 6.45) is 13.3. The first-order valence-corrected chi connectivity index (χ1v) is 37.1. The molecule has 1 amide bonds. The number of aromatic nitrogens is 18. The molecule has 0 bridgehead atoms. The fourth-order valence-corrected chi connectivity index (χ4v) is 14.6. The quantitative estimate of drug-likeness (QED) is 0.0393. The number of carbonyl (C=O) groups excluding carboxylic acids is 2. The van der Waals surface area contributed by atoms with Crippen LogP contribution in [-0.4, -0.2) is 132 Å². The Morgan fingerprint density at radius 1 is 0.548 bits per heavy atom. The predicted molar refractivity (Wildman–Crippen MR) is 428 cm³/mol. The molecule has 1 atom stereocenters. The number of rotatable bonds is 17. The van der Waals surface area contributed by atoms with Crippen molar-refractivity contribution in [3.8, 4) is 0 Å². The fraction of sp³-hybridized carbons (Fsp3) is 0.193. The number of aryl methyl sites for hydroxylation is 2. The summed E-state index contributed by atoms with van der Waals surface area (Å²) in [7, 11) is 2.06. The second kappa shape index (κ2) is 29.8. The van der Waals surface area contributed by atoms with Gasteiger partial charge in [-0.1, -0.05) is 46.6 Å². The van der Waals surface area contributed by atoms with Crippen LogP contribution in [0.2, 0.25) is 0 Å². The summed E-state index contributed by atoms with van der Waals surface area (Å²) in [5.41, 5.74) is 17.6. The molecule has 29 nitrogen and oxygen atoms in total. The molecule has 8 N–H and O–H groups in total. The Labute approximate surface area is 648 Å². The molecular weight excluding hydrogens is 1470 g/mol. The highest BCUT2D eigenvalue weighted by molar-refractivity contribution is 6.07. The number of carbonyl (C=O) groups is 2. The summed E-state index contributed by atoms with van der Waals surface area (Å²) >= 11 is 0. The molecule has 1 aliphatic heterocycles. The number of hydrogen-bond acceptors (Lipinski definition) is 23. The summed E-state index contributed by atoms with van der Waals surface area (Å²) in [6.45, 7) is 5.24. The highest BCUT2D eigenvalue weighted by Crippen LogP contribution is 2.44. The van der Waals surface area contributed by atoms with Crippen LogP contribution < -0.4 is 21.3 Å². The van der Waals surface area contributed by atoms with E-state index >= 15 is 0 Å².